The van der Waals surface area contributed by atoms with Gasteiger partial charge in [0.05, 0.1) is 18.8 Å². The van der Waals surface area contributed by atoms with Crippen molar-refractivity contribution >= 4 is 17.7 Å². The molecule has 154 valence electrons. The number of carbonyl (C=O) groups is 2. The Balaban J connectivity index is 1.55. The lowest BCUT2D eigenvalue weighted by atomic mass is 10.0. The fourth-order valence-electron chi connectivity index (χ4n) is 3.13. The first-order chi connectivity index (χ1) is 14.4. The summed E-state index contributed by atoms with van der Waals surface area (Å²) in [4.78, 5) is 24.4. The summed E-state index contributed by atoms with van der Waals surface area (Å²) in [5.74, 6) is -1.48. The maximum absolute atomic E-state index is 14.8. The molecule has 1 aromatic heterocycles. The number of carbonyl (C=O) groups excluding carboxylic acids is 2. The fraction of sp³-hybridized carbons (Fsp3) is 0.211. The van der Waals surface area contributed by atoms with Crippen LogP contribution >= 0.6 is 0 Å². The number of benzene rings is 2. The molecule has 4 rings (SSSR count). The van der Waals surface area contributed by atoms with Crippen LogP contribution in [0.2, 0.25) is 0 Å². The Morgan fingerprint density at radius 3 is 2.73 bits per heavy atom. The number of hydrogen-bond donors (Lipinski definition) is 1. The average Bonchev–Trinajstić information content (AvgIpc) is 3.36. The van der Waals surface area contributed by atoms with E-state index in [2.05, 4.69) is 20.8 Å². The molecule has 0 radical (unpaired) electrons. The molecule has 0 spiro atoms. The van der Waals surface area contributed by atoms with E-state index in [1.54, 1.807) is 12.1 Å². The number of ether oxygens (including phenoxy) is 1. The van der Waals surface area contributed by atoms with E-state index < -0.39 is 23.8 Å². The van der Waals surface area contributed by atoms with Gasteiger partial charge in [0.15, 0.2) is 0 Å². The van der Waals surface area contributed by atoms with Gasteiger partial charge in [0.2, 0.25) is 5.91 Å². The van der Waals surface area contributed by atoms with E-state index in [1.807, 2.05) is 0 Å². The van der Waals surface area contributed by atoms with Crippen LogP contribution in [0.25, 0.3) is 16.8 Å². The Morgan fingerprint density at radius 2 is 2.07 bits per heavy atom. The number of cyclic esters (lactones) is 1. The van der Waals surface area contributed by atoms with Crippen LogP contribution in [0.3, 0.4) is 0 Å². The van der Waals surface area contributed by atoms with E-state index >= 15 is 0 Å². The molecule has 1 saturated heterocycles. The summed E-state index contributed by atoms with van der Waals surface area (Å²) in [6.07, 6.45) is 0.0910. The molecule has 2 aromatic carbocycles. The van der Waals surface area contributed by atoms with Gasteiger partial charge >= 0.3 is 6.09 Å². The van der Waals surface area contributed by atoms with Gasteiger partial charge in [-0.15, -0.1) is 5.10 Å². The molecule has 3 aromatic rings. The lowest BCUT2D eigenvalue weighted by molar-refractivity contribution is -0.119. The maximum atomic E-state index is 14.8. The third-order valence-corrected chi connectivity index (χ3v) is 4.57. The molecular weight excluding hydrogens is 398 g/mol. The zero-order valence-corrected chi connectivity index (χ0v) is 15.7. The second-order valence-electron chi connectivity index (χ2n) is 6.64. The van der Waals surface area contributed by atoms with Crippen molar-refractivity contribution in [1.29, 1.82) is 0 Å². The van der Waals surface area contributed by atoms with Crippen LogP contribution < -0.4 is 10.2 Å². The van der Waals surface area contributed by atoms with E-state index in [-0.39, 0.29) is 30.2 Å². The predicted molar refractivity (Wildman–Crippen MR) is 101 cm³/mol. The first-order valence-corrected chi connectivity index (χ1v) is 8.98. The first kappa shape index (κ1) is 19.4. The minimum Gasteiger partial charge on any atom is -0.442 e. The normalized spacial score (nSPS) is 15.9. The summed E-state index contributed by atoms with van der Waals surface area (Å²) in [5.41, 5.74) is 0.923. The number of halogens is 2. The molecule has 30 heavy (non-hydrogen) atoms. The molecule has 2 amide bonds. The molecule has 11 heteroatoms. The third-order valence-electron chi connectivity index (χ3n) is 4.57. The highest BCUT2D eigenvalue weighted by Crippen LogP contribution is 2.30. The van der Waals surface area contributed by atoms with Crippen LogP contribution in [0.4, 0.5) is 19.3 Å². The number of hydrogen-bond acceptors (Lipinski definition) is 6. The molecular formula is C19H16F2N6O3. The largest absolute Gasteiger partial charge is 0.442 e. The Hall–Kier alpha value is -3.89. The highest BCUT2D eigenvalue weighted by Gasteiger charge is 2.32. The zero-order chi connectivity index (χ0) is 21.3. The molecule has 1 aliphatic rings. The van der Waals surface area contributed by atoms with Crippen molar-refractivity contribution in [3.8, 4) is 16.8 Å². The number of nitrogens with one attached hydrogen (secondary N) is 1. The van der Waals surface area contributed by atoms with Gasteiger partial charge in [-0.25, -0.2) is 13.6 Å². The molecule has 0 bridgehead atoms. The van der Waals surface area contributed by atoms with E-state index in [9.17, 15) is 18.4 Å². The van der Waals surface area contributed by atoms with Crippen molar-refractivity contribution in [1.82, 2.24) is 25.5 Å². The second kappa shape index (κ2) is 7.85. The third kappa shape index (κ3) is 3.81. The Labute approximate surface area is 169 Å². The molecule has 0 saturated carbocycles. The van der Waals surface area contributed by atoms with Crippen LogP contribution in [0.5, 0.6) is 0 Å². The SMILES string of the molecule is CC(=O)NC[C@H]1CN(c2ccc(-c3ccc(-n4cnnn4)c(F)c3)c(F)c2)C(=O)O1. The molecule has 9 nitrogen and oxygen atoms in total. The second-order valence-corrected chi connectivity index (χ2v) is 6.64. The standard InChI is InChI=1S/C19H16F2N6O3/c1-11(28)22-8-14-9-26(19(29)30-14)13-3-4-15(16(20)7-13)12-2-5-18(17(21)6-12)27-10-23-24-25-27/h2-7,10,14H,8-9H2,1H3,(H,22,28)/t14-/m0/s1. The predicted octanol–water partition coefficient (Wildman–Crippen LogP) is 2.07. The Kier molecular flexibility index (Phi) is 5.09. The van der Waals surface area contributed by atoms with E-state index in [0.29, 0.717) is 11.3 Å². The van der Waals surface area contributed by atoms with Crippen molar-refractivity contribution in [3.63, 3.8) is 0 Å². The van der Waals surface area contributed by atoms with Gasteiger partial charge in [-0.3, -0.25) is 9.69 Å². The van der Waals surface area contributed by atoms with E-state index in [1.165, 1.54) is 42.4 Å². The Bertz CT molecular complexity index is 1110. The van der Waals surface area contributed by atoms with Crippen molar-refractivity contribution in [2.75, 3.05) is 18.0 Å². The highest BCUT2D eigenvalue weighted by molar-refractivity contribution is 5.90. The summed E-state index contributed by atoms with van der Waals surface area (Å²) in [6, 6.07) is 8.37. The first-order valence-electron chi connectivity index (χ1n) is 8.98. The van der Waals surface area contributed by atoms with Crippen LogP contribution in [0, 0.1) is 11.6 Å². The van der Waals surface area contributed by atoms with Gasteiger partial charge in [-0.1, -0.05) is 6.07 Å². The summed E-state index contributed by atoms with van der Waals surface area (Å²) in [5, 5.41) is 13.1. The average molecular weight is 414 g/mol. The van der Waals surface area contributed by atoms with Gasteiger partial charge in [0.1, 0.15) is 29.8 Å². The van der Waals surface area contributed by atoms with Crippen molar-refractivity contribution in [2.24, 2.45) is 0 Å². The molecule has 1 atom stereocenters. The maximum Gasteiger partial charge on any atom is 0.414 e. The van der Waals surface area contributed by atoms with Gasteiger partial charge in [-0.2, -0.15) is 4.68 Å². The van der Waals surface area contributed by atoms with Crippen molar-refractivity contribution < 1.29 is 23.1 Å². The quantitative estimate of drug-likeness (QED) is 0.686. The van der Waals surface area contributed by atoms with E-state index in [4.69, 9.17) is 4.74 Å². The number of anilines is 1. The van der Waals surface area contributed by atoms with Crippen LogP contribution in [-0.2, 0) is 9.53 Å². The zero-order valence-electron chi connectivity index (χ0n) is 15.7. The minimum absolute atomic E-state index is 0.130. The van der Waals surface area contributed by atoms with Crippen molar-refractivity contribution in [2.45, 2.75) is 13.0 Å². The van der Waals surface area contributed by atoms with Gasteiger partial charge < -0.3 is 10.1 Å². The monoisotopic (exact) mass is 414 g/mol. The molecule has 1 fully saturated rings. The van der Waals surface area contributed by atoms with Crippen molar-refractivity contribution in [3.05, 3.63) is 54.4 Å². The molecule has 0 unspecified atom stereocenters. The smallest absolute Gasteiger partial charge is 0.414 e. The van der Waals surface area contributed by atoms with Gasteiger partial charge in [0.25, 0.3) is 0 Å². The van der Waals surface area contributed by atoms with E-state index in [0.717, 1.165) is 4.68 Å². The van der Waals surface area contributed by atoms with Gasteiger partial charge in [-0.05, 0) is 46.3 Å². The molecule has 2 heterocycles. The minimum atomic E-state index is -0.630. The molecule has 1 N–H and O–H groups in total. The number of rotatable bonds is 5. The van der Waals surface area contributed by atoms with Crippen LogP contribution in [0.15, 0.2) is 42.7 Å². The lowest BCUT2D eigenvalue weighted by Gasteiger charge is -2.15. The van der Waals surface area contributed by atoms with Gasteiger partial charge in [0, 0.05) is 12.5 Å². The molecule has 1 aliphatic heterocycles. The summed E-state index contributed by atoms with van der Waals surface area (Å²) >= 11 is 0. The number of aromatic nitrogens is 4. The Morgan fingerprint density at radius 1 is 1.23 bits per heavy atom. The highest BCUT2D eigenvalue weighted by atomic mass is 19.1. The van der Waals surface area contributed by atoms with Crippen LogP contribution in [-0.4, -0.2) is 51.4 Å². The fourth-order valence-corrected chi connectivity index (χ4v) is 3.13. The topological polar surface area (TPSA) is 102 Å². The number of nitrogens with zero attached hydrogens (tertiary/aromatic N) is 5. The van der Waals surface area contributed by atoms with Crippen LogP contribution in [0.1, 0.15) is 6.92 Å². The number of amides is 2. The molecule has 0 aliphatic carbocycles. The lowest BCUT2D eigenvalue weighted by Crippen LogP contribution is -2.33. The number of tetrazole rings is 1. The summed E-state index contributed by atoms with van der Waals surface area (Å²) in [6.45, 7) is 1.71. The summed E-state index contributed by atoms with van der Waals surface area (Å²) in [7, 11) is 0. The summed E-state index contributed by atoms with van der Waals surface area (Å²) < 4.78 is 35.6.